The van der Waals surface area contributed by atoms with Crippen LogP contribution in [0.3, 0.4) is 0 Å². The Morgan fingerprint density at radius 2 is 1.95 bits per heavy atom. The number of sulfone groups is 1. The molecule has 1 fully saturated rings. The lowest BCUT2D eigenvalue weighted by molar-refractivity contribution is -0.306. The molecule has 0 radical (unpaired) electrons. The Labute approximate surface area is 216 Å². The predicted octanol–water partition coefficient (Wildman–Crippen LogP) is 4.70. The number of likely N-dealkylation sites (tertiary alicyclic amines) is 1. The zero-order valence-corrected chi connectivity index (χ0v) is 21.1. The molecule has 0 unspecified atom stereocenters. The van der Waals surface area contributed by atoms with Crippen LogP contribution in [-0.2, 0) is 14.6 Å². The van der Waals surface area contributed by atoms with E-state index in [1.54, 1.807) is 0 Å². The van der Waals surface area contributed by atoms with E-state index in [1.165, 1.54) is 24.5 Å². The maximum absolute atomic E-state index is 14.5. The van der Waals surface area contributed by atoms with E-state index in [4.69, 9.17) is 10.1 Å². The number of rotatable bonds is 8. The average molecular weight is 556 g/mol. The molecule has 0 atom stereocenters. The topological polar surface area (TPSA) is 118 Å². The number of nitrogens with one attached hydrogen (secondary N) is 2. The fourth-order valence-electron chi connectivity index (χ4n) is 4.16. The van der Waals surface area contributed by atoms with E-state index in [-0.39, 0.29) is 46.1 Å². The second-order valence-electron chi connectivity index (χ2n) is 8.75. The third kappa shape index (κ3) is 6.79. The van der Waals surface area contributed by atoms with Gasteiger partial charge in [0, 0.05) is 50.5 Å². The van der Waals surface area contributed by atoms with Crippen LogP contribution in [0.4, 0.5) is 29.1 Å². The molecule has 0 spiro atoms. The van der Waals surface area contributed by atoms with E-state index in [2.05, 4.69) is 20.0 Å². The monoisotopic (exact) mass is 555 g/mol. The molecule has 1 aromatic heterocycles. The highest BCUT2D eigenvalue weighted by Gasteiger charge is 2.33. The van der Waals surface area contributed by atoms with Crippen molar-refractivity contribution in [1.29, 1.82) is 5.41 Å². The Balaban J connectivity index is 1.42. The minimum Gasteiger partial charge on any atom is -0.474 e. The molecule has 38 heavy (non-hydrogen) atoms. The maximum atomic E-state index is 14.5. The van der Waals surface area contributed by atoms with Crippen molar-refractivity contribution in [3.05, 3.63) is 59.5 Å². The first-order valence-corrected chi connectivity index (χ1v) is 13.5. The molecule has 2 aromatic rings. The quantitative estimate of drug-likeness (QED) is 0.356. The molecular formula is C24H25F4N5O4S. The summed E-state index contributed by atoms with van der Waals surface area (Å²) in [5, 5.41) is 10.6. The summed E-state index contributed by atoms with van der Waals surface area (Å²) in [6.07, 6.45) is 3.15. The summed E-state index contributed by atoms with van der Waals surface area (Å²) in [4.78, 5) is 9.97. The first kappa shape index (κ1) is 27.4. The molecule has 2 heterocycles. The van der Waals surface area contributed by atoms with Gasteiger partial charge in [-0.1, -0.05) is 6.08 Å². The standard InChI is InChI=1S/C24H25F4N5O4S/c1-38(34,35)18-5-6-21(20(25)12-18)32-22-19(13-29)23(31-14-30-22)36-16-7-9-33(10-8-16)15-3-2-4-17(11-15)37-24(26,27)28/h3,5-6,11-14,16,29H,2,4,7-10H2,1H3,(H,30,31,32). The maximum Gasteiger partial charge on any atom is 0.572 e. The highest BCUT2D eigenvalue weighted by Crippen LogP contribution is 2.31. The number of hydrogen-bond donors (Lipinski definition) is 2. The zero-order chi connectivity index (χ0) is 27.5. The van der Waals surface area contributed by atoms with Crippen LogP contribution < -0.4 is 10.1 Å². The van der Waals surface area contributed by atoms with Gasteiger partial charge in [0.15, 0.2) is 9.84 Å². The van der Waals surface area contributed by atoms with Crippen LogP contribution in [-0.4, -0.2) is 61.3 Å². The van der Waals surface area contributed by atoms with Gasteiger partial charge in [0.05, 0.1) is 16.1 Å². The van der Waals surface area contributed by atoms with Gasteiger partial charge in [0.1, 0.15) is 29.8 Å². The summed E-state index contributed by atoms with van der Waals surface area (Å²) in [5.41, 5.74) is 0.807. The lowest BCUT2D eigenvalue weighted by atomic mass is 10.0. The van der Waals surface area contributed by atoms with Gasteiger partial charge in [-0.25, -0.2) is 22.8 Å². The number of halogens is 4. The molecule has 0 saturated carbocycles. The summed E-state index contributed by atoms with van der Waals surface area (Å²) in [5.74, 6) is -0.718. The van der Waals surface area contributed by atoms with Crippen LogP contribution in [0.5, 0.6) is 5.88 Å². The Bertz CT molecular complexity index is 1370. The zero-order valence-electron chi connectivity index (χ0n) is 20.3. The van der Waals surface area contributed by atoms with Gasteiger partial charge in [-0.05, 0) is 30.7 Å². The molecule has 1 aromatic carbocycles. The summed E-state index contributed by atoms with van der Waals surface area (Å²) < 4.78 is 85.7. The molecular weight excluding hydrogens is 530 g/mol. The minimum absolute atomic E-state index is 0.0406. The van der Waals surface area contributed by atoms with Crippen LogP contribution in [0, 0.1) is 11.2 Å². The van der Waals surface area contributed by atoms with Gasteiger partial charge < -0.3 is 25.1 Å². The molecule has 2 aliphatic rings. The SMILES string of the molecule is CS(=O)(=O)c1ccc(Nc2ncnc(OC3CCN(C4=CCCC(OC(F)(F)F)=C4)CC3)c2C=N)c(F)c1. The molecule has 2 N–H and O–H groups in total. The van der Waals surface area contributed by atoms with Crippen molar-refractivity contribution in [2.75, 3.05) is 24.7 Å². The van der Waals surface area contributed by atoms with Crippen molar-refractivity contribution in [1.82, 2.24) is 14.9 Å². The number of alkyl halides is 3. The third-order valence-electron chi connectivity index (χ3n) is 6.00. The van der Waals surface area contributed by atoms with Crippen LogP contribution in [0.25, 0.3) is 0 Å². The van der Waals surface area contributed by atoms with E-state index in [0.29, 0.717) is 38.0 Å². The van der Waals surface area contributed by atoms with Crippen LogP contribution in [0.2, 0.25) is 0 Å². The average Bonchev–Trinajstić information content (AvgIpc) is 2.84. The number of piperidine rings is 1. The molecule has 204 valence electrons. The number of benzene rings is 1. The van der Waals surface area contributed by atoms with Crippen molar-refractivity contribution in [3.63, 3.8) is 0 Å². The van der Waals surface area contributed by atoms with Gasteiger partial charge in [0.2, 0.25) is 5.88 Å². The summed E-state index contributed by atoms with van der Waals surface area (Å²) in [6, 6.07) is 3.41. The predicted molar refractivity (Wildman–Crippen MR) is 130 cm³/mol. The van der Waals surface area contributed by atoms with Crippen molar-refractivity contribution in [3.8, 4) is 5.88 Å². The molecule has 1 aliphatic heterocycles. The van der Waals surface area contributed by atoms with Crippen LogP contribution in [0.15, 0.2) is 53.0 Å². The van der Waals surface area contributed by atoms with E-state index in [0.717, 1.165) is 18.5 Å². The van der Waals surface area contributed by atoms with Gasteiger partial charge in [0.25, 0.3) is 0 Å². The fourth-order valence-corrected chi connectivity index (χ4v) is 4.79. The van der Waals surface area contributed by atoms with E-state index < -0.39 is 22.0 Å². The lowest BCUT2D eigenvalue weighted by Crippen LogP contribution is -2.38. The van der Waals surface area contributed by atoms with Crippen molar-refractivity contribution >= 4 is 27.6 Å². The Kier molecular flexibility index (Phi) is 7.90. The first-order valence-electron chi connectivity index (χ1n) is 11.6. The first-order chi connectivity index (χ1) is 17.9. The van der Waals surface area contributed by atoms with Crippen molar-refractivity contribution in [2.45, 2.75) is 43.0 Å². The summed E-state index contributed by atoms with van der Waals surface area (Å²) in [6.45, 7) is 1.06. The van der Waals surface area contributed by atoms with Gasteiger partial charge >= 0.3 is 6.36 Å². The largest absolute Gasteiger partial charge is 0.572 e. The number of allylic oxidation sites excluding steroid dienone is 3. The molecule has 0 amide bonds. The van der Waals surface area contributed by atoms with E-state index in [9.17, 15) is 26.0 Å². The normalized spacial score (nSPS) is 16.9. The van der Waals surface area contributed by atoms with Gasteiger partial charge in [-0.2, -0.15) is 0 Å². The number of anilines is 2. The molecule has 0 bridgehead atoms. The van der Waals surface area contributed by atoms with Gasteiger partial charge in [-0.3, -0.25) is 0 Å². The summed E-state index contributed by atoms with van der Waals surface area (Å²) in [7, 11) is -3.58. The molecule has 4 rings (SSSR count). The number of hydrogen-bond acceptors (Lipinski definition) is 9. The second-order valence-corrected chi connectivity index (χ2v) is 10.8. The molecule has 1 saturated heterocycles. The van der Waals surface area contributed by atoms with Crippen LogP contribution >= 0.6 is 0 Å². The second kappa shape index (κ2) is 11.0. The Morgan fingerprint density at radius 3 is 2.58 bits per heavy atom. The highest BCUT2D eigenvalue weighted by molar-refractivity contribution is 7.90. The van der Waals surface area contributed by atoms with Crippen molar-refractivity contribution < 1.29 is 35.5 Å². The highest BCUT2D eigenvalue weighted by atomic mass is 32.2. The Hall–Kier alpha value is -3.68. The number of ether oxygens (including phenoxy) is 2. The van der Waals surface area contributed by atoms with Crippen LogP contribution in [0.1, 0.15) is 31.2 Å². The smallest absolute Gasteiger partial charge is 0.474 e. The number of nitrogens with zero attached hydrogens (tertiary/aromatic N) is 3. The van der Waals surface area contributed by atoms with Crippen molar-refractivity contribution in [2.24, 2.45) is 0 Å². The molecule has 9 nitrogen and oxygen atoms in total. The van der Waals surface area contributed by atoms with E-state index >= 15 is 0 Å². The number of aromatic nitrogens is 2. The summed E-state index contributed by atoms with van der Waals surface area (Å²) >= 11 is 0. The minimum atomic E-state index is -4.72. The molecule has 14 heteroatoms. The lowest BCUT2D eigenvalue weighted by Gasteiger charge is -2.35. The fraction of sp³-hybridized carbons (Fsp3) is 0.375. The van der Waals surface area contributed by atoms with E-state index in [1.807, 2.05) is 11.0 Å². The molecule has 1 aliphatic carbocycles. The Morgan fingerprint density at radius 1 is 1.21 bits per heavy atom. The third-order valence-corrected chi connectivity index (χ3v) is 7.11. The van der Waals surface area contributed by atoms with Gasteiger partial charge in [-0.15, -0.1) is 13.2 Å².